The van der Waals surface area contributed by atoms with Gasteiger partial charge in [0.05, 0.1) is 5.69 Å². The van der Waals surface area contributed by atoms with Crippen LogP contribution in [0.1, 0.15) is 27.3 Å². The van der Waals surface area contributed by atoms with E-state index in [-0.39, 0.29) is 5.91 Å². The van der Waals surface area contributed by atoms with E-state index in [1.807, 2.05) is 18.2 Å². The first-order valence-corrected chi connectivity index (χ1v) is 7.03. The summed E-state index contributed by atoms with van der Waals surface area (Å²) >= 11 is 1.23. The van der Waals surface area contributed by atoms with Crippen molar-refractivity contribution in [1.82, 2.24) is 10.3 Å². The molecule has 4 nitrogen and oxygen atoms in total. The van der Waals surface area contributed by atoms with Crippen LogP contribution in [0.5, 0.6) is 0 Å². The van der Waals surface area contributed by atoms with E-state index in [1.54, 1.807) is 6.92 Å². The molecule has 19 heavy (non-hydrogen) atoms. The summed E-state index contributed by atoms with van der Waals surface area (Å²) < 4.78 is 0. The summed E-state index contributed by atoms with van der Waals surface area (Å²) in [7, 11) is 0. The van der Waals surface area contributed by atoms with Crippen molar-refractivity contribution in [2.24, 2.45) is 0 Å². The Morgan fingerprint density at radius 3 is 2.74 bits per heavy atom. The molecule has 0 atom stereocenters. The number of nitrogen functional groups attached to an aromatic ring is 1. The summed E-state index contributed by atoms with van der Waals surface area (Å²) in [6, 6.07) is 10.2. The Bertz CT molecular complexity index is 551. The Balaban J connectivity index is 1.77. The lowest BCUT2D eigenvalue weighted by Crippen LogP contribution is -2.24. The second kappa shape index (κ2) is 6.33. The van der Waals surface area contributed by atoms with Crippen LogP contribution in [0.15, 0.2) is 30.3 Å². The van der Waals surface area contributed by atoms with Crippen LogP contribution < -0.4 is 11.1 Å². The van der Waals surface area contributed by atoms with Crippen molar-refractivity contribution in [2.45, 2.75) is 19.8 Å². The predicted molar refractivity (Wildman–Crippen MR) is 78.4 cm³/mol. The summed E-state index contributed by atoms with van der Waals surface area (Å²) in [5.41, 5.74) is 7.56. The number of nitrogens with zero attached hydrogens (tertiary/aromatic N) is 1. The summed E-state index contributed by atoms with van der Waals surface area (Å²) in [5, 5.41) is 3.34. The Kier molecular flexibility index (Phi) is 4.52. The molecular formula is C14H17N3OS. The molecule has 0 radical (unpaired) electrons. The zero-order valence-electron chi connectivity index (χ0n) is 10.8. The van der Waals surface area contributed by atoms with Gasteiger partial charge >= 0.3 is 0 Å². The molecule has 0 spiro atoms. The van der Waals surface area contributed by atoms with Crippen molar-refractivity contribution in [1.29, 1.82) is 0 Å². The predicted octanol–water partition coefficient (Wildman–Crippen LogP) is 2.40. The highest BCUT2D eigenvalue weighted by Gasteiger charge is 2.13. The first-order chi connectivity index (χ1) is 9.16. The van der Waals surface area contributed by atoms with Crippen LogP contribution in [0.4, 0.5) is 5.13 Å². The highest BCUT2D eigenvalue weighted by Crippen LogP contribution is 2.19. The van der Waals surface area contributed by atoms with E-state index in [2.05, 4.69) is 22.4 Å². The molecule has 0 saturated carbocycles. The van der Waals surface area contributed by atoms with Gasteiger partial charge in [0.1, 0.15) is 4.88 Å². The smallest absolute Gasteiger partial charge is 0.263 e. The van der Waals surface area contributed by atoms with Gasteiger partial charge in [-0.05, 0) is 25.3 Å². The monoisotopic (exact) mass is 275 g/mol. The molecule has 1 amide bonds. The zero-order chi connectivity index (χ0) is 13.7. The lowest BCUT2D eigenvalue weighted by Gasteiger charge is -2.04. The molecule has 0 bridgehead atoms. The number of benzene rings is 1. The summed E-state index contributed by atoms with van der Waals surface area (Å²) in [6.45, 7) is 2.46. The number of aryl methyl sites for hydroxylation is 2. The number of thiazole rings is 1. The fourth-order valence-corrected chi connectivity index (χ4v) is 2.60. The van der Waals surface area contributed by atoms with Crippen LogP contribution in [0.2, 0.25) is 0 Å². The molecule has 5 heteroatoms. The third kappa shape index (κ3) is 3.79. The average molecular weight is 275 g/mol. The maximum Gasteiger partial charge on any atom is 0.263 e. The maximum absolute atomic E-state index is 11.9. The number of rotatable bonds is 5. The van der Waals surface area contributed by atoms with Gasteiger partial charge in [-0.25, -0.2) is 4.98 Å². The average Bonchev–Trinajstić information content (AvgIpc) is 2.75. The quantitative estimate of drug-likeness (QED) is 0.823. The van der Waals surface area contributed by atoms with Crippen molar-refractivity contribution in [3.63, 3.8) is 0 Å². The minimum atomic E-state index is -0.0836. The van der Waals surface area contributed by atoms with Crippen LogP contribution >= 0.6 is 11.3 Å². The van der Waals surface area contributed by atoms with E-state index in [0.717, 1.165) is 12.8 Å². The molecular weight excluding hydrogens is 258 g/mol. The van der Waals surface area contributed by atoms with E-state index in [1.165, 1.54) is 16.9 Å². The summed E-state index contributed by atoms with van der Waals surface area (Å²) in [5.74, 6) is -0.0836. The van der Waals surface area contributed by atoms with Gasteiger partial charge in [0.25, 0.3) is 5.91 Å². The SMILES string of the molecule is Cc1nc(N)sc1C(=O)NCCCc1ccccc1. The van der Waals surface area contributed by atoms with Crippen molar-refractivity contribution >= 4 is 22.4 Å². The van der Waals surface area contributed by atoms with Crippen LogP contribution in [0.25, 0.3) is 0 Å². The second-order valence-corrected chi connectivity index (χ2v) is 5.34. The Labute approximate surface area is 116 Å². The van der Waals surface area contributed by atoms with Crippen LogP contribution in [-0.2, 0) is 6.42 Å². The molecule has 2 aromatic rings. The van der Waals surface area contributed by atoms with Gasteiger partial charge in [-0.15, -0.1) is 0 Å². The number of carbonyl (C=O) groups excluding carboxylic acids is 1. The van der Waals surface area contributed by atoms with Crippen LogP contribution in [-0.4, -0.2) is 17.4 Å². The molecule has 0 aliphatic heterocycles. The van der Waals surface area contributed by atoms with Crippen LogP contribution in [0, 0.1) is 6.92 Å². The van der Waals surface area contributed by atoms with Gasteiger partial charge in [-0.1, -0.05) is 41.7 Å². The number of hydrogen-bond donors (Lipinski definition) is 2. The third-order valence-corrected chi connectivity index (χ3v) is 3.78. The minimum Gasteiger partial charge on any atom is -0.375 e. The Morgan fingerprint density at radius 2 is 2.11 bits per heavy atom. The first-order valence-electron chi connectivity index (χ1n) is 6.22. The van der Waals surface area contributed by atoms with Crippen molar-refractivity contribution in [2.75, 3.05) is 12.3 Å². The lowest BCUT2D eigenvalue weighted by molar-refractivity contribution is 0.0956. The lowest BCUT2D eigenvalue weighted by atomic mass is 10.1. The topological polar surface area (TPSA) is 68.0 Å². The summed E-state index contributed by atoms with van der Waals surface area (Å²) in [4.78, 5) is 16.5. The minimum absolute atomic E-state index is 0.0836. The van der Waals surface area contributed by atoms with Gasteiger partial charge < -0.3 is 11.1 Å². The molecule has 2 rings (SSSR count). The maximum atomic E-state index is 11.9. The molecule has 1 aromatic heterocycles. The fourth-order valence-electron chi connectivity index (χ4n) is 1.85. The molecule has 0 aliphatic rings. The highest BCUT2D eigenvalue weighted by molar-refractivity contribution is 7.17. The number of aromatic nitrogens is 1. The first kappa shape index (κ1) is 13.5. The standard InChI is InChI=1S/C14H17N3OS/c1-10-12(19-14(15)17-10)13(18)16-9-5-8-11-6-3-2-4-7-11/h2-4,6-7H,5,8-9H2,1H3,(H2,15,17)(H,16,18). The van der Waals surface area contributed by atoms with Gasteiger partial charge in [0.2, 0.25) is 0 Å². The molecule has 0 aliphatic carbocycles. The number of nitrogens with one attached hydrogen (secondary N) is 1. The Morgan fingerprint density at radius 1 is 1.37 bits per heavy atom. The van der Waals surface area contributed by atoms with Crippen molar-refractivity contribution in [3.05, 3.63) is 46.5 Å². The fraction of sp³-hybridized carbons (Fsp3) is 0.286. The second-order valence-electron chi connectivity index (χ2n) is 4.31. The molecule has 0 unspecified atom stereocenters. The molecule has 0 saturated heterocycles. The zero-order valence-corrected chi connectivity index (χ0v) is 11.7. The number of amides is 1. The van der Waals surface area contributed by atoms with Crippen LogP contribution in [0.3, 0.4) is 0 Å². The van der Waals surface area contributed by atoms with E-state index in [9.17, 15) is 4.79 Å². The van der Waals surface area contributed by atoms with Crippen molar-refractivity contribution < 1.29 is 4.79 Å². The van der Waals surface area contributed by atoms with Gasteiger partial charge in [0.15, 0.2) is 5.13 Å². The normalized spacial score (nSPS) is 10.4. The molecule has 100 valence electrons. The third-order valence-electron chi connectivity index (χ3n) is 2.79. The number of nitrogens with two attached hydrogens (primary N) is 1. The number of anilines is 1. The van der Waals surface area contributed by atoms with Gasteiger partial charge in [-0.3, -0.25) is 4.79 Å². The van der Waals surface area contributed by atoms with Gasteiger partial charge in [0, 0.05) is 6.54 Å². The molecule has 1 aromatic carbocycles. The largest absolute Gasteiger partial charge is 0.375 e. The van der Waals surface area contributed by atoms with Gasteiger partial charge in [-0.2, -0.15) is 0 Å². The highest BCUT2D eigenvalue weighted by atomic mass is 32.1. The molecule has 0 fully saturated rings. The molecule has 1 heterocycles. The van der Waals surface area contributed by atoms with E-state index in [0.29, 0.717) is 22.2 Å². The molecule has 3 N–H and O–H groups in total. The Hall–Kier alpha value is -1.88. The van der Waals surface area contributed by atoms with E-state index >= 15 is 0 Å². The summed E-state index contributed by atoms with van der Waals surface area (Å²) in [6.07, 6.45) is 1.88. The van der Waals surface area contributed by atoms with Crippen molar-refractivity contribution in [3.8, 4) is 0 Å². The number of hydrogen-bond acceptors (Lipinski definition) is 4. The number of carbonyl (C=O) groups is 1. The van der Waals surface area contributed by atoms with E-state index in [4.69, 9.17) is 5.73 Å². The van der Waals surface area contributed by atoms with E-state index < -0.39 is 0 Å².